The lowest BCUT2D eigenvalue weighted by molar-refractivity contribution is -0.146. The summed E-state index contributed by atoms with van der Waals surface area (Å²) in [7, 11) is 0. The van der Waals surface area contributed by atoms with E-state index in [1.165, 1.54) is 17.0 Å². The fraction of sp³-hybridized carbons (Fsp3) is 0.467. The van der Waals surface area contributed by atoms with Crippen LogP contribution >= 0.6 is 0 Å². The first kappa shape index (κ1) is 17.3. The van der Waals surface area contributed by atoms with Gasteiger partial charge in [-0.25, -0.2) is 0 Å². The number of carboxylic acid groups (broad SMARTS) is 1. The molecule has 0 saturated carbocycles. The molecule has 0 radical (unpaired) electrons. The number of alkyl halides is 3. The van der Waals surface area contributed by atoms with E-state index in [9.17, 15) is 22.8 Å². The van der Waals surface area contributed by atoms with Gasteiger partial charge in [0.05, 0.1) is 37.7 Å². The molecule has 1 saturated heterocycles. The molecule has 0 bridgehead atoms. The third-order valence-electron chi connectivity index (χ3n) is 3.57. The Kier molecular flexibility index (Phi) is 5.25. The van der Waals surface area contributed by atoms with Crippen molar-refractivity contribution in [3.63, 3.8) is 0 Å². The van der Waals surface area contributed by atoms with E-state index in [4.69, 9.17) is 9.84 Å². The van der Waals surface area contributed by atoms with Gasteiger partial charge in [0.25, 0.3) is 0 Å². The Morgan fingerprint density at radius 3 is 2.74 bits per heavy atom. The van der Waals surface area contributed by atoms with Crippen molar-refractivity contribution in [2.45, 2.75) is 25.1 Å². The molecule has 0 aliphatic carbocycles. The van der Waals surface area contributed by atoms with Crippen LogP contribution in [0.1, 0.15) is 17.5 Å². The van der Waals surface area contributed by atoms with Crippen molar-refractivity contribution in [3.8, 4) is 0 Å². The van der Waals surface area contributed by atoms with Crippen LogP contribution in [0.15, 0.2) is 24.3 Å². The summed E-state index contributed by atoms with van der Waals surface area (Å²) >= 11 is 0. The number of hydrogen-bond donors (Lipinski definition) is 1. The predicted octanol–water partition coefficient (Wildman–Crippen LogP) is 1.95. The predicted molar refractivity (Wildman–Crippen MR) is 73.7 cm³/mol. The summed E-state index contributed by atoms with van der Waals surface area (Å²) < 4.78 is 43.2. The summed E-state index contributed by atoms with van der Waals surface area (Å²) in [6.07, 6.45) is -4.93. The lowest BCUT2D eigenvalue weighted by Crippen LogP contribution is -2.50. The van der Waals surface area contributed by atoms with E-state index in [2.05, 4.69) is 0 Å². The number of carbonyl (C=O) groups is 2. The average molecular weight is 331 g/mol. The van der Waals surface area contributed by atoms with Crippen LogP contribution in [0, 0.1) is 0 Å². The van der Waals surface area contributed by atoms with Crippen molar-refractivity contribution in [1.29, 1.82) is 0 Å². The molecule has 1 aliphatic rings. The van der Waals surface area contributed by atoms with Gasteiger partial charge in [-0.1, -0.05) is 18.2 Å². The zero-order chi connectivity index (χ0) is 17.0. The molecule has 0 spiro atoms. The highest BCUT2D eigenvalue weighted by atomic mass is 19.4. The second kappa shape index (κ2) is 6.99. The van der Waals surface area contributed by atoms with Gasteiger partial charge in [0.15, 0.2) is 0 Å². The monoisotopic (exact) mass is 331 g/mol. The second-order valence-corrected chi connectivity index (χ2v) is 5.29. The number of nitrogens with zero attached hydrogens (tertiary/aromatic N) is 1. The quantitative estimate of drug-likeness (QED) is 0.916. The number of hydrogen-bond acceptors (Lipinski definition) is 3. The van der Waals surface area contributed by atoms with E-state index >= 15 is 0 Å². The van der Waals surface area contributed by atoms with Crippen molar-refractivity contribution in [3.05, 3.63) is 35.4 Å². The number of benzene rings is 1. The third-order valence-corrected chi connectivity index (χ3v) is 3.57. The maximum absolute atomic E-state index is 12.7. The van der Waals surface area contributed by atoms with Gasteiger partial charge in [0, 0.05) is 6.54 Å². The number of halogens is 3. The van der Waals surface area contributed by atoms with Gasteiger partial charge in [-0.15, -0.1) is 0 Å². The highest BCUT2D eigenvalue weighted by Crippen LogP contribution is 2.29. The van der Waals surface area contributed by atoms with Crippen molar-refractivity contribution in [2.75, 3.05) is 19.8 Å². The molecule has 5 nitrogen and oxygen atoms in total. The van der Waals surface area contributed by atoms with Crippen LogP contribution in [0.3, 0.4) is 0 Å². The standard InChI is InChI=1S/C15H16F3NO4/c16-15(17,18)11-3-1-2-10(6-11)7-13(20)19-4-5-23-9-12(19)8-14(21)22/h1-3,6,12H,4-5,7-9H2,(H,21,22). The highest BCUT2D eigenvalue weighted by Gasteiger charge is 2.32. The summed E-state index contributed by atoms with van der Waals surface area (Å²) in [6, 6.07) is 3.97. The van der Waals surface area contributed by atoms with Gasteiger partial charge in [0.2, 0.25) is 5.91 Å². The molecule has 126 valence electrons. The second-order valence-electron chi connectivity index (χ2n) is 5.29. The van der Waals surface area contributed by atoms with E-state index in [1.807, 2.05) is 0 Å². The zero-order valence-electron chi connectivity index (χ0n) is 12.2. The Balaban J connectivity index is 2.09. The third kappa shape index (κ3) is 4.69. The molecule has 1 atom stereocenters. The Labute approximate surface area is 130 Å². The highest BCUT2D eigenvalue weighted by molar-refractivity contribution is 5.80. The first-order valence-electron chi connectivity index (χ1n) is 7.02. The Hall–Kier alpha value is -2.09. The normalized spacial score (nSPS) is 18.7. The SMILES string of the molecule is O=C(O)CC1COCCN1C(=O)Cc1cccc(C(F)(F)F)c1. The molecular formula is C15H16F3NO4. The average Bonchev–Trinajstić information content (AvgIpc) is 2.46. The fourth-order valence-corrected chi connectivity index (χ4v) is 2.49. The molecule has 23 heavy (non-hydrogen) atoms. The smallest absolute Gasteiger partial charge is 0.416 e. The summed E-state index contributed by atoms with van der Waals surface area (Å²) in [4.78, 5) is 24.5. The molecule has 1 fully saturated rings. The van der Waals surface area contributed by atoms with Crippen molar-refractivity contribution in [2.24, 2.45) is 0 Å². The molecule has 1 N–H and O–H groups in total. The number of rotatable bonds is 4. The summed E-state index contributed by atoms with van der Waals surface area (Å²) in [5.74, 6) is -1.46. The van der Waals surface area contributed by atoms with Crippen molar-refractivity contribution >= 4 is 11.9 Å². The van der Waals surface area contributed by atoms with Crippen molar-refractivity contribution in [1.82, 2.24) is 4.90 Å². The number of morpholine rings is 1. The van der Waals surface area contributed by atoms with Gasteiger partial charge in [-0.3, -0.25) is 9.59 Å². The van der Waals surface area contributed by atoms with Crippen LogP contribution < -0.4 is 0 Å². The van der Waals surface area contributed by atoms with E-state index in [0.29, 0.717) is 0 Å². The van der Waals surface area contributed by atoms with Crippen LogP contribution in [-0.4, -0.2) is 47.7 Å². The molecule has 0 aromatic heterocycles. The summed E-state index contributed by atoms with van der Waals surface area (Å²) in [6.45, 7) is 0.626. The van der Waals surface area contributed by atoms with Gasteiger partial charge in [-0.2, -0.15) is 13.2 Å². The molecule has 1 heterocycles. The maximum Gasteiger partial charge on any atom is 0.416 e. The molecule has 1 unspecified atom stereocenters. The molecule has 2 rings (SSSR count). The van der Waals surface area contributed by atoms with E-state index < -0.39 is 29.7 Å². The maximum atomic E-state index is 12.7. The molecule has 1 aromatic carbocycles. The van der Waals surface area contributed by atoms with Gasteiger partial charge < -0.3 is 14.7 Å². The van der Waals surface area contributed by atoms with Crippen LogP contribution in [0.25, 0.3) is 0 Å². The summed E-state index contributed by atoms with van der Waals surface area (Å²) in [5.41, 5.74) is -0.572. The number of aliphatic carboxylic acids is 1. The van der Waals surface area contributed by atoms with E-state index in [0.717, 1.165) is 12.1 Å². The number of ether oxygens (including phenoxy) is 1. The summed E-state index contributed by atoms with van der Waals surface area (Å²) in [5, 5.41) is 8.86. The number of amides is 1. The van der Waals surface area contributed by atoms with E-state index in [-0.39, 0.29) is 38.2 Å². The molecule has 1 aliphatic heterocycles. The van der Waals surface area contributed by atoms with Crippen LogP contribution in [0.5, 0.6) is 0 Å². The fourth-order valence-electron chi connectivity index (χ4n) is 2.49. The van der Waals surface area contributed by atoms with Crippen LogP contribution in [0.2, 0.25) is 0 Å². The number of carbonyl (C=O) groups excluding carboxylic acids is 1. The topological polar surface area (TPSA) is 66.8 Å². The zero-order valence-corrected chi connectivity index (χ0v) is 12.2. The first-order chi connectivity index (χ1) is 10.8. The molecule has 1 amide bonds. The van der Waals surface area contributed by atoms with Crippen molar-refractivity contribution < 1.29 is 32.6 Å². The Morgan fingerprint density at radius 2 is 2.09 bits per heavy atom. The van der Waals surface area contributed by atoms with Gasteiger partial charge in [0.1, 0.15) is 0 Å². The van der Waals surface area contributed by atoms with Gasteiger partial charge >= 0.3 is 12.1 Å². The first-order valence-corrected chi connectivity index (χ1v) is 7.02. The molecular weight excluding hydrogens is 315 g/mol. The Morgan fingerprint density at radius 1 is 1.35 bits per heavy atom. The molecule has 1 aromatic rings. The minimum absolute atomic E-state index is 0.112. The Bertz CT molecular complexity index is 588. The van der Waals surface area contributed by atoms with Crippen LogP contribution in [0.4, 0.5) is 13.2 Å². The van der Waals surface area contributed by atoms with Gasteiger partial charge in [-0.05, 0) is 11.6 Å². The minimum atomic E-state index is -4.47. The lowest BCUT2D eigenvalue weighted by Gasteiger charge is -2.35. The lowest BCUT2D eigenvalue weighted by atomic mass is 10.1. The largest absolute Gasteiger partial charge is 0.481 e. The molecule has 8 heteroatoms. The minimum Gasteiger partial charge on any atom is -0.481 e. The van der Waals surface area contributed by atoms with E-state index in [1.54, 1.807) is 0 Å². The van der Waals surface area contributed by atoms with Crippen LogP contribution in [-0.2, 0) is 26.9 Å². The number of carboxylic acids is 1.